The lowest BCUT2D eigenvalue weighted by Crippen LogP contribution is -2.10. The van der Waals surface area contributed by atoms with Crippen molar-refractivity contribution in [1.82, 2.24) is 0 Å². The van der Waals surface area contributed by atoms with E-state index in [4.69, 9.17) is 28.8 Å². The summed E-state index contributed by atoms with van der Waals surface area (Å²) in [5.41, 5.74) is 2.48. The van der Waals surface area contributed by atoms with Gasteiger partial charge in [0.2, 0.25) is 0 Å². The molecule has 9 nitrogen and oxygen atoms in total. The van der Waals surface area contributed by atoms with Crippen LogP contribution in [0.25, 0.3) is 11.1 Å². The van der Waals surface area contributed by atoms with E-state index in [9.17, 15) is 14.4 Å². The van der Waals surface area contributed by atoms with Crippen LogP contribution in [-0.4, -0.2) is 56.0 Å². The predicted molar refractivity (Wildman–Crippen MR) is 180 cm³/mol. The molecule has 0 spiro atoms. The van der Waals surface area contributed by atoms with Crippen molar-refractivity contribution in [3.8, 4) is 28.4 Å². The van der Waals surface area contributed by atoms with Gasteiger partial charge in [-0.15, -0.1) is 0 Å². The van der Waals surface area contributed by atoms with Gasteiger partial charge < -0.3 is 28.8 Å². The normalized spacial score (nSPS) is 10.5. The molecule has 1 N–H and O–H groups in total. The zero-order chi connectivity index (χ0) is 33.7. The van der Waals surface area contributed by atoms with Crippen molar-refractivity contribution in [2.45, 2.75) is 51.4 Å². The standard InChI is InChI=1S/C38H44O9/c1-3-36(40)45-26-10-6-4-8-24-43-33-18-16-31(17-19-33)30-12-14-32(15-13-30)38(42)47-35-22-20-34(21-23-35)44-25-9-5-7-11-27-46-37(41)29(2)28-39/h3,12-23,39H,1-2,4-11,24-28H2. The molecule has 0 aliphatic rings. The van der Waals surface area contributed by atoms with E-state index in [1.54, 1.807) is 36.4 Å². The first-order valence-corrected chi connectivity index (χ1v) is 15.9. The highest BCUT2D eigenvalue weighted by atomic mass is 16.5. The molecule has 0 fully saturated rings. The van der Waals surface area contributed by atoms with Crippen molar-refractivity contribution in [2.75, 3.05) is 33.0 Å². The van der Waals surface area contributed by atoms with Crippen LogP contribution in [0, 0.1) is 0 Å². The van der Waals surface area contributed by atoms with Crippen LogP contribution < -0.4 is 14.2 Å². The van der Waals surface area contributed by atoms with Gasteiger partial charge in [0.25, 0.3) is 0 Å². The van der Waals surface area contributed by atoms with E-state index in [1.165, 1.54) is 6.08 Å². The molecule has 0 aromatic heterocycles. The van der Waals surface area contributed by atoms with Crippen molar-refractivity contribution in [3.05, 3.63) is 103 Å². The second-order valence-corrected chi connectivity index (χ2v) is 10.8. The van der Waals surface area contributed by atoms with Gasteiger partial charge in [0, 0.05) is 6.08 Å². The number of rotatable bonds is 22. The van der Waals surface area contributed by atoms with E-state index in [-0.39, 0.29) is 11.5 Å². The summed E-state index contributed by atoms with van der Waals surface area (Å²) in [5, 5.41) is 8.85. The lowest BCUT2D eigenvalue weighted by molar-refractivity contribution is -0.140. The number of ether oxygens (including phenoxy) is 5. The van der Waals surface area contributed by atoms with Crippen molar-refractivity contribution in [1.29, 1.82) is 0 Å². The molecule has 0 saturated heterocycles. The van der Waals surface area contributed by atoms with E-state index < -0.39 is 18.5 Å². The summed E-state index contributed by atoms with van der Waals surface area (Å²) in [7, 11) is 0. The number of carbonyl (C=O) groups excluding carboxylic acids is 3. The van der Waals surface area contributed by atoms with Crippen LogP contribution in [0.1, 0.15) is 61.7 Å². The summed E-state index contributed by atoms with van der Waals surface area (Å²) in [4.78, 5) is 35.1. The lowest BCUT2D eigenvalue weighted by Gasteiger charge is -2.09. The average Bonchev–Trinajstić information content (AvgIpc) is 3.10. The number of unbranched alkanes of at least 4 members (excludes halogenated alkanes) is 6. The van der Waals surface area contributed by atoms with Crippen molar-refractivity contribution in [3.63, 3.8) is 0 Å². The fourth-order valence-corrected chi connectivity index (χ4v) is 4.37. The molecule has 0 heterocycles. The highest BCUT2D eigenvalue weighted by Gasteiger charge is 2.10. The van der Waals surface area contributed by atoms with Gasteiger partial charge in [0.05, 0.1) is 44.2 Å². The second kappa shape index (κ2) is 21.0. The number of aliphatic hydroxyl groups excluding tert-OH is 1. The fraction of sp³-hybridized carbons (Fsp3) is 0.342. The number of hydrogen-bond acceptors (Lipinski definition) is 9. The molecule has 9 heteroatoms. The van der Waals surface area contributed by atoms with Crippen LogP contribution in [-0.2, 0) is 19.1 Å². The SMILES string of the molecule is C=CC(=O)OCCCCCCOc1ccc(-c2ccc(C(=O)Oc3ccc(OCCCCCCOC(=O)C(=C)CO)cc3)cc2)cc1. The van der Waals surface area contributed by atoms with Crippen LogP contribution in [0.2, 0.25) is 0 Å². The lowest BCUT2D eigenvalue weighted by atomic mass is 10.0. The van der Waals surface area contributed by atoms with Gasteiger partial charge in [0.15, 0.2) is 0 Å². The summed E-state index contributed by atoms with van der Waals surface area (Å²) >= 11 is 0. The van der Waals surface area contributed by atoms with Crippen molar-refractivity contribution < 1.29 is 43.2 Å². The van der Waals surface area contributed by atoms with Crippen LogP contribution in [0.15, 0.2) is 97.6 Å². The Morgan fingerprint density at radius 1 is 0.596 bits per heavy atom. The summed E-state index contributed by atoms with van der Waals surface area (Å²) < 4.78 is 27.1. The summed E-state index contributed by atoms with van der Waals surface area (Å²) in [6, 6.07) is 22.0. The molecule has 0 aliphatic heterocycles. The summed E-state index contributed by atoms with van der Waals surface area (Å²) in [6.45, 7) is 8.28. The summed E-state index contributed by atoms with van der Waals surface area (Å²) in [6.07, 6.45) is 8.28. The van der Waals surface area contributed by atoms with Crippen LogP contribution in [0.5, 0.6) is 17.2 Å². The predicted octanol–water partition coefficient (Wildman–Crippen LogP) is 7.27. The first kappa shape index (κ1) is 36.6. The zero-order valence-electron chi connectivity index (χ0n) is 26.8. The monoisotopic (exact) mass is 644 g/mol. The minimum Gasteiger partial charge on any atom is -0.494 e. The molecule has 47 heavy (non-hydrogen) atoms. The van der Waals surface area contributed by atoms with E-state index in [2.05, 4.69) is 13.2 Å². The van der Waals surface area contributed by atoms with Gasteiger partial charge in [-0.1, -0.05) is 37.4 Å². The van der Waals surface area contributed by atoms with E-state index in [0.29, 0.717) is 43.5 Å². The minimum atomic E-state index is -0.560. The number of aliphatic hydroxyl groups is 1. The summed E-state index contributed by atoms with van der Waals surface area (Å²) in [5.74, 6) is 0.514. The van der Waals surface area contributed by atoms with Gasteiger partial charge in [0.1, 0.15) is 17.2 Å². The Bertz CT molecular complexity index is 1410. The molecule has 250 valence electrons. The first-order chi connectivity index (χ1) is 22.9. The molecule has 0 radical (unpaired) electrons. The Labute approximate surface area is 276 Å². The Balaban J connectivity index is 1.31. The third kappa shape index (κ3) is 14.0. The molecule has 0 amide bonds. The van der Waals surface area contributed by atoms with Crippen LogP contribution in [0.4, 0.5) is 0 Å². The number of benzene rings is 3. The quantitative estimate of drug-likeness (QED) is 0.0521. The molecular weight excluding hydrogens is 600 g/mol. The van der Waals surface area contributed by atoms with Crippen molar-refractivity contribution >= 4 is 17.9 Å². The van der Waals surface area contributed by atoms with E-state index in [0.717, 1.165) is 68.2 Å². The Kier molecular flexibility index (Phi) is 16.3. The Hall–Kier alpha value is -4.89. The number of carbonyl (C=O) groups is 3. The highest BCUT2D eigenvalue weighted by molar-refractivity contribution is 5.91. The van der Waals surface area contributed by atoms with Crippen LogP contribution >= 0.6 is 0 Å². The third-order valence-corrected chi connectivity index (χ3v) is 7.08. The highest BCUT2D eigenvalue weighted by Crippen LogP contribution is 2.24. The van der Waals surface area contributed by atoms with Gasteiger partial charge in [-0.3, -0.25) is 0 Å². The fourth-order valence-electron chi connectivity index (χ4n) is 4.37. The van der Waals surface area contributed by atoms with Gasteiger partial charge in [-0.2, -0.15) is 0 Å². The molecule has 0 unspecified atom stereocenters. The maximum absolute atomic E-state index is 12.7. The Morgan fingerprint density at radius 2 is 1.04 bits per heavy atom. The molecule has 0 aliphatic carbocycles. The zero-order valence-corrected chi connectivity index (χ0v) is 26.8. The van der Waals surface area contributed by atoms with Gasteiger partial charge in [-0.25, -0.2) is 14.4 Å². The smallest absolute Gasteiger partial charge is 0.343 e. The minimum absolute atomic E-state index is 0.0575. The molecule has 3 aromatic carbocycles. The molecule has 3 aromatic rings. The van der Waals surface area contributed by atoms with Crippen molar-refractivity contribution in [2.24, 2.45) is 0 Å². The first-order valence-electron chi connectivity index (χ1n) is 15.9. The average molecular weight is 645 g/mol. The molecule has 3 rings (SSSR count). The second-order valence-electron chi connectivity index (χ2n) is 10.8. The van der Waals surface area contributed by atoms with E-state index >= 15 is 0 Å². The van der Waals surface area contributed by atoms with Crippen LogP contribution in [0.3, 0.4) is 0 Å². The largest absolute Gasteiger partial charge is 0.494 e. The van der Waals surface area contributed by atoms with E-state index in [1.807, 2.05) is 36.4 Å². The number of esters is 3. The molecular formula is C38H44O9. The van der Waals surface area contributed by atoms with Gasteiger partial charge in [-0.05, 0) is 111 Å². The molecule has 0 atom stereocenters. The molecule has 0 saturated carbocycles. The third-order valence-electron chi connectivity index (χ3n) is 7.08. The topological polar surface area (TPSA) is 118 Å². The van der Waals surface area contributed by atoms with Gasteiger partial charge >= 0.3 is 17.9 Å². The number of hydrogen-bond donors (Lipinski definition) is 1. The molecule has 0 bridgehead atoms. The maximum atomic E-state index is 12.7. The Morgan fingerprint density at radius 3 is 1.55 bits per heavy atom. The maximum Gasteiger partial charge on any atom is 0.343 e.